The van der Waals surface area contributed by atoms with E-state index in [4.69, 9.17) is 16.0 Å². The Balaban J connectivity index is 2.03. The van der Waals surface area contributed by atoms with E-state index < -0.39 is 0 Å². The van der Waals surface area contributed by atoms with Crippen molar-refractivity contribution in [2.75, 3.05) is 0 Å². The molecule has 0 spiro atoms. The zero-order chi connectivity index (χ0) is 15.7. The summed E-state index contributed by atoms with van der Waals surface area (Å²) in [6.45, 7) is 4.25. The summed E-state index contributed by atoms with van der Waals surface area (Å²) in [6, 6.07) is 5.24. The molecule has 0 aliphatic carbocycles. The predicted molar refractivity (Wildman–Crippen MR) is 85.4 cm³/mol. The maximum atomic E-state index is 12.6. The zero-order valence-electron chi connectivity index (χ0n) is 12.5. The standard InChI is InChI=1S/C16H16ClN3O2/c1-3-5-14-19-10(2)13(22-14)8-20-9-18-12-7-4-6-11(17)15(12)16(20)21/h4,6-7,9H,3,5,8H2,1-2H3. The lowest BCUT2D eigenvalue weighted by Crippen LogP contribution is -2.21. The lowest BCUT2D eigenvalue weighted by Gasteiger charge is -2.06. The maximum Gasteiger partial charge on any atom is 0.263 e. The molecule has 0 bridgehead atoms. The highest BCUT2D eigenvalue weighted by Crippen LogP contribution is 2.18. The number of halogens is 1. The summed E-state index contributed by atoms with van der Waals surface area (Å²) in [5.41, 5.74) is 1.22. The smallest absolute Gasteiger partial charge is 0.263 e. The fourth-order valence-corrected chi connectivity index (χ4v) is 2.63. The van der Waals surface area contributed by atoms with Crippen LogP contribution in [-0.4, -0.2) is 14.5 Å². The van der Waals surface area contributed by atoms with E-state index in [1.54, 1.807) is 18.2 Å². The fraction of sp³-hybridized carbons (Fsp3) is 0.312. The zero-order valence-corrected chi connectivity index (χ0v) is 13.2. The first-order chi connectivity index (χ1) is 10.6. The second kappa shape index (κ2) is 5.93. The molecular formula is C16H16ClN3O2. The third-order valence-electron chi connectivity index (χ3n) is 3.52. The lowest BCUT2D eigenvalue weighted by atomic mass is 10.2. The Hall–Kier alpha value is -2.14. The molecule has 0 unspecified atom stereocenters. The Bertz CT molecular complexity index is 883. The Kier molecular flexibility index (Phi) is 3.98. The number of aromatic nitrogens is 3. The van der Waals surface area contributed by atoms with Gasteiger partial charge in [-0.25, -0.2) is 9.97 Å². The second-order valence-corrected chi connectivity index (χ2v) is 5.58. The molecule has 5 nitrogen and oxygen atoms in total. The summed E-state index contributed by atoms with van der Waals surface area (Å²) >= 11 is 6.12. The van der Waals surface area contributed by atoms with Crippen LogP contribution in [-0.2, 0) is 13.0 Å². The first-order valence-electron chi connectivity index (χ1n) is 7.19. The average molecular weight is 318 g/mol. The predicted octanol–water partition coefficient (Wildman–Crippen LogP) is 3.35. The van der Waals surface area contributed by atoms with Gasteiger partial charge in [0.25, 0.3) is 5.56 Å². The van der Waals surface area contributed by atoms with Gasteiger partial charge in [-0.2, -0.15) is 0 Å². The van der Waals surface area contributed by atoms with Gasteiger partial charge in [-0.3, -0.25) is 9.36 Å². The quantitative estimate of drug-likeness (QED) is 0.740. The summed E-state index contributed by atoms with van der Waals surface area (Å²) in [4.78, 5) is 21.2. The van der Waals surface area contributed by atoms with Crippen LogP contribution in [0.25, 0.3) is 10.9 Å². The van der Waals surface area contributed by atoms with Crippen molar-refractivity contribution in [3.63, 3.8) is 0 Å². The molecule has 0 aliphatic rings. The van der Waals surface area contributed by atoms with Gasteiger partial charge >= 0.3 is 0 Å². The van der Waals surface area contributed by atoms with Crippen LogP contribution in [0.3, 0.4) is 0 Å². The highest BCUT2D eigenvalue weighted by Gasteiger charge is 2.13. The third-order valence-corrected chi connectivity index (χ3v) is 3.83. The van der Waals surface area contributed by atoms with E-state index in [0.717, 1.165) is 18.5 Å². The van der Waals surface area contributed by atoms with Gasteiger partial charge in [0.15, 0.2) is 5.89 Å². The van der Waals surface area contributed by atoms with Crippen molar-refractivity contribution in [2.24, 2.45) is 0 Å². The van der Waals surface area contributed by atoms with Crippen LogP contribution in [0.5, 0.6) is 0 Å². The van der Waals surface area contributed by atoms with Gasteiger partial charge in [0, 0.05) is 6.42 Å². The molecule has 0 N–H and O–H groups in total. The molecule has 0 atom stereocenters. The fourth-order valence-electron chi connectivity index (χ4n) is 2.38. The number of fused-ring (bicyclic) bond motifs is 1. The molecule has 0 amide bonds. The van der Waals surface area contributed by atoms with Crippen molar-refractivity contribution < 1.29 is 4.42 Å². The van der Waals surface area contributed by atoms with E-state index >= 15 is 0 Å². The van der Waals surface area contributed by atoms with E-state index in [1.807, 2.05) is 6.92 Å². The first-order valence-corrected chi connectivity index (χ1v) is 7.56. The highest BCUT2D eigenvalue weighted by molar-refractivity contribution is 6.35. The van der Waals surface area contributed by atoms with Crippen LogP contribution in [0.15, 0.2) is 33.7 Å². The van der Waals surface area contributed by atoms with Crippen molar-refractivity contribution in [1.82, 2.24) is 14.5 Å². The third kappa shape index (κ3) is 2.64. The van der Waals surface area contributed by atoms with E-state index in [2.05, 4.69) is 16.9 Å². The van der Waals surface area contributed by atoms with Crippen LogP contribution in [0.2, 0.25) is 5.02 Å². The molecule has 3 aromatic rings. The Labute approximate surface area is 132 Å². The largest absolute Gasteiger partial charge is 0.444 e. The maximum absolute atomic E-state index is 12.6. The van der Waals surface area contributed by atoms with E-state index in [-0.39, 0.29) is 5.56 Å². The van der Waals surface area contributed by atoms with Crippen LogP contribution in [0.1, 0.15) is 30.7 Å². The normalized spacial score (nSPS) is 11.2. The summed E-state index contributed by atoms with van der Waals surface area (Å²) in [6.07, 6.45) is 3.27. The minimum Gasteiger partial charge on any atom is -0.444 e. The number of oxazole rings is 1. The minimum absolute atomic E-state index is 0.177. The van der Waals surface area contributed by atoms with Crippen LogP contribution >= 0.6 is 11.6 Å². The van der Waals surface area contributed by atoms with Crippen molar-refractivity contribution in [2.45, 2.75) is 33.2 Å². The molecule has 0 saturated carbocycles. The molecule has 0 radical (unpaired) electrons. The first kappa shape index (κ1) is 14.8. The van der Waals surface area contributed by atoms with E-state index in [0.29, 0.717) is 34.1 Å². The van der Waals surface area contributed by atoms with Crippen molar-refractivity contribution in [3.8, 4) is 0 Å². The molecule has 0 saturated heterocycles. The molecular weight excluding hydrogens is 302 g/mol. The SMILES string of the molecule is CCCc1nc(C)c(Cn2cnc3cccc(Cl)c3c2=O)o1. The molecule has 22 heavy (non-hydrogen) atoms. The van der Waals surface area contributed by atoms with Gasteiger partial charge in [-0.05, 0) is 25.5 Å². The topological polar surface area (TPSA) is 60.9 Å². The van der Waals surface area contributed by atoms with Crippen LogP contribution in [0.4, 0.5) is 0 Å². The number of hydrogen-bond donors (Lipinski definition) is 0. The monoisotopic (exact) mass is 317 g/mol. The van der Waals surface area contributed by atoms with Crippen molar-refractivity contribution in [1.29, 1.82) is 0 Å². The summed E-state index contributed by atoms with van der Waals surface area (Å²) < 4.78 is 7.22. The van der Waals surface area contributed by atoms with E-state index in [1.165, 1.54) is 10.9 Å². The molecule has 2 aromatic heterocycles. The second-order valence-electron chi connectivity index (χ2n) is 5.18. The molecule has 0 aliphatic heterocycles. The molecule has 2 heterocycles. The number of hydrogen-bond acceptors (Lipinski definition) is 4. The number of benzene rings is 1. The molecule has 1 aromatic carbocycles. The molecule has 3 rings (SSSR count). The van der Waals surface area contributed by atoms with Gasteiger partial charge in [-0.1, -0.05) is 24.6 Å². The molecule has 114 valence electrons. The van der Waals surface area contributed by atoms with Crippen LogP contribution < -0.4 is 5.56 Å². The van der Waals surface area contributed by atoms with Crippen molar-refractivity contribution in [3.05, 3.63) is 57.2 Å². The summed E-state index contributed by atoms with van der Waals surface area (Å²) in [5.74, 6) is 1.38. The van der Waals surface area contributed by atoms with Gasteiger partial charge in [0.1, 0.15) is 5.76 Å². The van der Waals surface area contributed by atoms with Gasteiger partial charge in [0.05, 0.1) is 34.5 Å². The van der Waals surface area contributed by atoms with Gasteiger partial charge in [0.2, 0.25) is 0 Å². The summed E-state index contributed by atoms with van der Waals surface area (Å²) in [5, 5.41) is 0.836. The summed E-state index contributed by atoms with van der Waals surface area (Å²) in [7, 11) is 0. The molecule has 6 heteroatoms. The van der Waals surface area contributed by atoms with Crippen molar-refractivity contribution >= 4 is 22.5 Å². The van der Waals surface area contributed by atoms with Gasteiger partial charge in [-0.15, -0.1) is 0 Å². The number of aryl methyl sites for hydroxylation is 2. The minimum atomic E-state index is -0.177. The Morgan fingerprint density at radius 3 is 2.95 bits per heavy atom. The Morgan fingerprint density at radius 1 is 1.36 bits per heavy atom. The lowest BCUT2D eigenvalue weighted by molar-refractivity contribution is 0.439. The van der Waals surface area contributed by atoms with Crippen LogP contribution in [0, 0.1) is 6.92 Å². The van der Waals surface area contributed by atoms with Gasteiger partial charge < -0.3 is 4.42 Å². The average Bonchev–Trinajstić information content (AvgIpc) is 2.82. The Morgan fingerprint density at radius 2 is 2.18 bits per heavy atom. The number of rotatable bonds is 4. The number of nitrogens with zero attached hydrogens (tertiary/aromatic N) is 3. The highest BCUT2D eigenvalue weighted by atomic mass is 35.5. The van der Waals surface area contributed by atoms with E-state index in [9.17, 15) is 4.79 Å². The molecule has 0 fully saturated rings.